The quantitative estimate of drug-likeness (QED) is 0.802. The maximum atomic E-state index is 11.8. The highest BCUT2D eigenvalue weighted by Gasteiger charge is 2.15. The van der Waals surface area contributed by atoms with E-state index in [1.807, 2.05) is 6.07 Å². The smallest absolute Gasteiger partial charge is 0.348 e. The van der Waals surface area contributed by atoms with Crippen molar-refractivity contribution in [3.8, 4) is 11.8 Å². The van der Waals surface area contributed by atoms with Crippen LogP contribution in [0.2, 0.25) is 0 Å². The normalized spacial score (nSPS) is 10.2. The summed E-state index contributed by atoms with van der Waals surface area (Å²) in [7, 11) is 0. The average molecular weight is 355 g/mol. The summed E-state index contributed by atoms with van der Waals surface area (Å²) in [5.74, 6) is -1.25. The van der Waals surface area contributed by atoms with Crippen LogP contribution < -0.4 is 5.69 Å². The number of hydrogen-bond donors (Lipinski definition) is 2. The van der Waals surface area contributed by atoms with Crippen LogP contribution in [0.15, 0.2) is 32.6 Å². The van der Waals surface area contributed by atoms with Gasteiger partial charge in [0.15, 0.2) is 5.16 Å². The minimum Gasteiger partial charge on any atom is -0.481 e. The van der Waals surface area contributed by atoms with Gasteiger partial charge in [-0.15, -0.1) is 5.10 Å². The van der Waals surface area contributed by atoms with Crippen molar-refractivity contribution in [3.05, 3.63) is 38.7 Å². The summed E-state index contributed by atoms with van der Waals surface area (Å²) in [5, 5.41) is 24.0. The van der Waals surface area contributed by atoms with E-state index in [2.05, 4.69) is 26.1 Å². The predicted octanol–water partition coefficient (Wildman–Crippen LogP) is 1.37. The Hall–Kier alpha value is -2.05. The molecule has 0 atom stereocenters. The Bertz CT molecular complexity index is 762. The Morgan fingerprint density at radius 2 is 2.35 bits per heavy atom. The van der Waals surface area contributed by atoms with Gasteiger partial charge in [0.2, 0.25) is 0 Å². The highest BCUT2D eigenvalue weighted by atomic mass is 79.9. The number of nitrogens with one attached hydrogen (secondary N) is 1. The fraction of sp³-hybridized carbons (Fsp3) is 0.0909. The molecule has 7 nitrogen and oxygen atoms in total. The number of H-pyrrole nitrogens is 1. The third-order valence-corrected chi connectivity index (χ3v) is 3.70. The van der Waals surface area contributed by atoms with Crippen LogP contribution in [0.3, 0.4) is 0 Å². The first-order valence-corrected chi connectivity index (χ1v) is 7.03. The zero-order valence-electron chi connectivity index (χ0n) is 9.83. The molecule has 0 radical (unpaired) electrons. The van der Waals surface area contributed by atoms with Crippen molar-refractivity contribution in [1.82, 2.24) is 14.8 Å². The van der Waals surface area contributed by atoms with E-state index >= 15 is 0 Å². The summed E-state index contributed by atoms with van der Waals surface area (Å²) < 4.78 is 1.88. The van der Waals surface area contributed by atoms with E-state index in [9.17, 15) is 9.59 Å². The summed E-state index contributed by atoms with van der Waals surface area (Å²) >= 11 is 4.14. The molecule has 1 aromatic carbocycles. The van der Waals surface area contributed by atoms with Crippen molar-refractivity contribution in [3.63, 3.8) is 0 Å². The fourth-order valence-corrected chi connectivity index (χ4v) is 2.55. The minimum atomic E-state index is -1.02. The first-order chi connectivity index (χ1) is 9.52. The van der Waals surface area contributed by atoms with Crippen LogP contribution in [0.25, 0.3) is 5.69 Å². The number of hydrogen-bond acceptors (Lipinski definition) is 5. The van der Waals surface area contributed by atoms with Crippen LogP contribution >= 0.6 is 27.7 Å². The van der Waals surface area contributed by atoms with Crippen molar-refractivity contribution < 1.29 is 9.90 Å². The number of rotatable bonds is 4. The third-order valence-electron chi connectivity index (χ3n) is 2.29. The zero-order chi connectivity index (χ0) is 14.7. The number of aromatic amines is 1. The fourth-order valence-electron chi connectivity index (χ4n) is 1.51. The molecule has 0 aliphatic rings. The molecule has 2 N–H and O–H groups in total. The lowest BCUT2D eigenvalue weighted by Crippen LogP contribution is -2.17. The highest BCUT2D eigenvalue weighted by molar-refractivity contribution is 9.10. The van der Waals surface area contributed by atoms with Crippen molar-refractivity contribution in [2.75, 3.05) is 5.75 Å². The number of carbonyl (C=O) groups is 1. The largest absolute Gasteiger partial charge is 0.481 e. The standard InChI is InChI=1S/C11H7BrN4O3S/c12-7-1-2-8(6(3-7)4-13)16-10(19)14-15-11(16)20-5-9(17)18/h1-3H,5H2,(H,14,19)(H,17,18). The molecule has 0 saturated carbocycles. The Labute approximate surface area is 125 Å². The van der Waals surface area contributed by atoms with E-state index < -0.39 is 11.7 Å². The topological polar surface area (TPSA) is 112 Å². The number of aromatic nitrogens is 3. The van der Waals surface area contributed by atoms with Gasteiger partial charge < -0.3 is 5.11 Å². The number of carboxylic acid groups (broad SMARTS) is 1. The Morgan fingerprint density at radius 1 is 1.60 bits per heavy atom. The van der Waals surface area contributed by atoms with E-state index in [0.29, 0.717) is 10.2 Å². The summed E-state index contributed by atoms with van der Waals surface area (Å²) in [6.07, 6.45) is 0. The third kappa shape index (κ3) is 2.92. The van der Waals surface area contributed by atoms with Crippen molar-refractivity contribution in [2.24, 2.45) is 0 Å². The Balaban J connectivity index is 2.53. The molecule has 0 saturated heterocycles. The maximum Gasteiger partial charge on any atom is 0.348 e. The van der Waals surface area contributed by atoms with Crippen LogP contribution in [-0.4, -0.2) is 31.6 Å². The number of thioether (sulfide) groups is 1. The highest BCUT2D eigenvalue weighted by Crippen LogP contribution is 2.22. The number of nitriles is 1. The van der Waals surface area contributed by atoms with Gasteiger partial charge in [0.1, 0.15) is 6.07 Å². The molecule has 0 aliphatic carbocycles. The summed E-state index contributed by atoms with van der Waals surface area (Å²) in [5.41, 5.74) is 0.0964. The number of nitrogens with zero attached hydrogens (tertiary/aromatic N) is 3. The molecular weight excluding hydrogens is 348 g/mol. The average Bonchev–Trinajstić information content (AvgIpc) is 2.77. The van der Waals surface area contributed by atoms with Gasteiger partial charge in [0, 0.05) is 4.47 Å². The van der Waals surface area contributed by atoms with Crippen molar-refractivity contribution in [2.45, 2.75) is 5.16 Å². The second-order valence-corrected chi connectivity index (χ2v) is 5.46. The minimum absolute atomic E-state index is 0.191. The van der Waals surface area contributed by atoms with Crippen LogP contribution in [0.5, 0.6) is 0 Å². The molecule has 0 unspecified atom stereocenters. The predicted molar refractivity (Wildman–Crippen MR) is 75.0 cm³/mol. The van der Waals surface area contributed by atoms with Gasteiger partial charge in [-0.25, -0.2) is 14.5 Å². The van der Waals surface area contributed by atoms with E-state index in [0.717, 1.165) is 11.8 Å². The van der Waals surface area contributed by atoms with Crippen LogP contribution in [0.4, 0.5) is 0 Å². The van der Waals surface area contributed by atoms with E-state index in [1.54, 1.807) is 18.2 Å². The molecule has 0 aliphatic heterocycles. The van der Waals surface area contributed by atoms with Crippen LogP contribution in [0, 0.1) is 11.3 Å². The molecular formula is C11H7BrN4O3S. The zero-order valence-corrected chi connectivity index (χ0v) is 12.2. The van der Waals surface area contributed by atoms with Crippen LogP contribution in [0.1, 0.15) is 5.56 Å². The molecule has 2 rings (SSSR count). The van der Waals surface area contributed by atoms with Crippen molar-refractivity contribution in [1.29, 1.82) is 5.26 Å². The molecule has 102 valence electrons. The number of carboxylic acids is 1. The summed E-state index contributed by atoms with van der Waals surface area (Å²) in [6.45, 7) is 0. The molecule has 1 aromatic heterocycles. The Morgan fingerprint density at radius 3 is 3.00 bits per heavy atom. The van der Waals surface area contributed by atoms with Gasteiger partial charge in [-0.05, 0) is 18.2 Å². The van der Waals surface area contributed by atoms with Gasteiger partial charge in [-0.2, -0.15) is 5.26 Å². The molecule has 0 bridgehead atoms. The number of aliphatic carboxylic acids is 1. The lowest BCUT2D eigenvalue weighted by atomic mass is 10.2. The Kier molecular flexibility index (Phi) is 4.26. The first-order valence-electron chi connectivity index (χ1n) is 5.25. The van der Waals surface area contributed by atoms with Gasteiger partial charge in [0.25, 0.3) is 0 Å². The lowest BCUT2D eigenvalue weighted by Gasteiger charge is -2.06. The number of benzene rings is 1. The van der Waals surface area contributed by atoms with Gasteiger partial charge >= 0.3 is 11.7 Å². The van der Waals surface area contributed by atoms with Gasteiger partial charge in [0.05, 0.1) is 17.0 Å². The van der Waals surface area contributed by atoms with E-state index in [4.69, 9.17) is 10.4 Å². The SMILES string of the molecule is N#Cc1cc(Br)ccc1-n1c(SCC(=O)O)n[nH]c1=O. The molecule has 0 amide bonds. The van der Waals surface area contributed by atoms with E-state index in [-0.39, 0.29) is 16.5 Å². The van der Waals surface area contributed by atoms with Gasteiger partial charge in [-0.1, -0.05) is 27.7 Å². The molecule has 0 spiro atoms. The monoisotopic (exact) mass is 354 g/mol. The summed E-state index contributed by atoms with van der Waals surface area (Å²) in [4.78, 5) is 22.4. The molecule has 0 fully saturated rings. The van der Waals surface area contributed by atoms with Gasteiger partial charge in [-0.3, -0.25) is 4.79 Å². The van der Waals surface area contributed by atoms with Crippen LogP contribution in [-0.2, 0) is 4.79 Å². The van der Waals surface area contributed by atoms with Crippen molar-refractivity contribution >= 4 is 33.7 Å². The molecule has 2 aromatic rings. The summed E-state index contributed by atoms with van der Waals surface area (Å²) in [6, 6.07) is 6.83. The number of halogens is 1. The second-order valence-electron chi connectivity index (χ2n) is 3.60. The molecule has 1 heterocycles. The first kappa shape index (κ1) is 14.4. The lowest BCUT2D eigenvalue weighted by molar-refractivity contribution is -0.133. The molecule has 9 heteroatoms. The van der Waals surface area contributed by atoms with E-state index in [1.165, 1.54) is 4.57 Å². The maximum absolute atomic E-state index is 11.8. The molecule has 20 heavy (non-hydrogen) atoms. The second kappa shape index (κ2) is 5.94.